The molecule has 0 spiro atoms. The second-order valence-electron chi connectivity index (χ2n) is 2.06. The van der Waals surface area contributed by atoms with E-state index in [4.69, 9.17) is 11.6 Å². The third kappa shape index (κ3) is 1.89. The molecule has 0 aromatic heterocycles. The van der Waals surface area contributed by atoms with Crippen LogP contribution in [0.25, 0.3) is 6.08 Å². The highest BCUT2D eigenvalue weighted by molar-refractivity contribution is 6.30. The summed E-state index contributed by atoms with van der Waals surface area (Å²) in [4.78, 5) is 0. The zero-order valence-corrected chi connectivity index (χ0v) is 6.60. The molecule has 0 fully saturated rings. The number of rotatable bonds is 1. The Bertz CT molecular complexity index is 238. The van der Waals surface area contributed by atoms with Crippen molar-refractivity contribution in [3.05, 3.63) is 40.9 Å². The van der Waals surface area contributed by atoms with Crippen molar-refractivity contribution in [3.8, 4) is 0 Å². The summed E-state index contributed by atoms with van der Waals surface area (Å²) >= 11 is 5.75. The molecule has 52 valence electrons. The second kappa shape index (κ2) is 3.43. The monoisotopic (exact) mass is 152 g/mol. The van der Waals surface area contributed by atoms with Gasteiger partial charge in [0.2, 0.25) is 0 Å². The molecule has 0 aliphatic rings. The second-order valence-corrected chi connectivity index (χ2v) is 2.49. The number of halogens is 1. The van der Waals surface area contributed by atoms with E-state index in [0.29, 0.717) is 0 Å². The minimum atomic E-state index is 0.788. The predicted molar refractivity (Wildman–Crippen MR) is 46.2 cm³/mol. The van der Waals surface area contributed by atoms with Crippen LogP contribution in [-0.4, -0.2) is 0 Å². The van der Waals surface area contributed by atoms with Crippen LogP contribution in [-0.2, 0) is 0 Å². The lowest BCUT2D eigenvalue weighted by Gasteiger charge is -1.91. The maximum absolute atomic E-state index is 5.75. The van der Waals surface area contributed by atoms with E-state index in [1.54, 1.807) is 0 Å². The number of benzene rings is 1. The van der Waals surface area contributed by atoms with Crippen LogP contribution in [0.2, 0.25) is 5.02 Å². The standard InChI is InChI=1S/C9H9Cl/c1-2-4-8-5-3-6-9(10)7-8/h2-7H,1H3. The van der Waals surface area contributed by atoms with Gasteiger partial charge in [-0.05, 0) is 24.6 Å². The zero-order valence-electron chi connectivity index (χ0n) is 5.84. The molecule has 0 saturated heterocycles. The summed E-state index contributed by atoms with van der Waals surface area (Å²) in [6, 6.07) is 7.76. The molecule has 0 aliphatic carbocycles. The number of hydrogen-bond donors (Lipinski definition) is 0. The highest BCUT2D eigenvalue weighted by Crippen LogP contribution is 2.11. The van der Waals surface area contributed by atoms with Crippen LogP contribution in [0.4, 0.5) is 0 Å². The first kappa shape index (κ1) is 7.36. The van der Waals surface area contributed by atoms with Crippen LogP contribution in [0, 0.1) is 0 Å². The molecular weight excluding hydrogens is 144 g/mol. The van der Waals surface area contributed by atoms with Gasteiger partial charge in [-0.1, -0.05) is 35.9 Å². The van der Waals surface area contributed by atoms with Gasteiger partial charge in [-0.15, -0.1) is 0 Å². The molecular formula is C9H9Cl. The molecule has 0 bridgehead atoms. The first-order valence-corrected chi connectivity index (χ1v) is 3.59. The molecule has 1 heteroatoms. The average molecular weight is 153 g/mol. The van der Waals surface area contributed by atoms with Crippen molar-refractivity contribution in [1.82, 2.24) is 0 Å². The molecule has 1 aromatic carbocycles. The van der Waals surface area contributed by atoms with Crippen molar-refractivity contribution in [3.63, 3.8) is 0 Å². The van der Waals surface area contributed by atoms with Gasteiger partial charge in [0.1, 0.15) is 0 Å². The molecule has 0 saturated carbocycles. The minimum Gasteiger partial charge on any atom is -0.0871 e. The van der Waals surface area contributed by atoms with E-state index in [0.717, 1.165) is 10.6 Å². The van der Waals surface area contributed by atoms with Crippen LogP contribution in [0.5, 0.6) is 0 Å². The summed E-state index contributed by atoms with van der Waals surface area (Å²) < 4.78 is 0. The summed E-state index contributed by atoms with van der Waals surface area (Å²) in [6.45, 7) is 1.99. The average Bonchev–Trinajstić information content (AvgIpc) is 1.88. The summed E-state index contributed by atoms with van der Waals surface area (Å²) in [5.74, 6) is 0. The van der Waals surface area contributed by atoms with Crippen LogP contribution >= 0.6 is 11.6 Å². The van der Waals surface area contributed by atoms with Crippen molar-refractivity contribution in [1.29, 1.82) is 0 Å². The van der Waals surface area contributed by atoms with Crippen molar-refractivity contribution in [2.24, 2.45) is 0 Å². The van der Waals surface area contributed by atoms with Crippen molar-refractivity contribution < 1.29 is 0 Å². The molecule has 0 unspecified atom stereocenters. The molecule has 0 N–H and O–H groups in total. The maximum Gasteiger partial charge on any atom is 0.0411 e. The topological polar surface area (TPSA) is 0 Å². The van der Waals surface area contributed by atoms with Crippen LogP contribution in [0.3, 0.4) is 0 Å². The number of allylic oxidation sites excluding steroid dienone is 1. The minimum absolute atomic E-state index is 0.788. The molecule has 10 heavy (non-hydrogen) atoms. The van der Waals surface area contributed by atoms with Gasteiger partial charge in [-0.3, -0.25) is 0 Å². The van der Waals surface area contributed by atoms with Gasteiger partial charge >= 0.3 is 0 Å². The van der Waals surface area contributed by atoms with Gasteiger partial charge in [0, 0.05) is 5.02 Å². The van der Waals surface area contributed by atoms with Gasteiger partial charge in [0.05, 0.1) is 0 Å². The molecule has 0 aliphatic heterocycles. The van der Waals surface area contributed by atoms with Gasteiger partial charge < -0.3 is 0 Å². The van der Waals surface area contributed by atoms with Gasteiger partial charge in [0.15, 0.2) is 0 Å². The fourth-order valence-electron chi connectivity index (χ4n) is 0.803. The van der Waals surface area contributed by atoms with E-state index in [1.165, 1.54) is 0 Å². The maximum atomic E-state index is 5.75. The summed E-state index contributed by atoms with van der Waals surface area (Å²) in [6.07, 6.45) is 4.01. The van der Waals surface area contributed by atoms with E-state index < -0.39 is 0 Å². The largest absolute Gasteiger partial charge is 0.0871 e. The first-order valence-electron chi connectivity index (χ1n) is 3.21. The zero-order chi connectivity index (χ0) is 7.40. The van der Waals surface area contributed by atoms with Gasteiger partial charge in [-0.25, -0.2) is 0 Å². The highest BCUT2D eigenvalue weighted by atomic mass is 35.5. The van der Waals surface area contributed by atoms with Crippen LogP contribution in [0.1, 0.15) is 12.5 Å². The Balaban J connectivity index is 2.95. The van der Waals surface area contributed by atoms with Gasteiger partial charge in [0.25, 0.3) is 0 Å². The Morgan fingerprint density at radius 3 is 2.80 bits per heavy atom. The highest BCUT2D eigenvalue weighted by Gasteiger charge is 1.86. The molecule has 1 aromatic rings. The fraction of sp³-hybridized carbons (Fsp3) is 0.111. The Morgan fingerprint density at radius 1 is 1.40 bits per heavy atom. The summed E-state index contributed by atoms with van der Waals surface area (Å²) in [5, 5.41) is 0.788. The Hall–Kier alpha value is -0.750. The van der Waals surface area contributed by atoms with E-state index in [2.05, 4.69) is 0 Å². The van der Waals surface area contributed by atoms with Crippen LogP contribution in [0.15, 0.2) is 30.3 Å². The summed E-state index contributed by atoms with van der Waals surface area (Å²) in [5.41, 5.74) is 1.15. The smallest absolute Gasteiger partial charge is 0.0411 e. The third-order valence-corrected chi connectivity index (χ3v) is 1.44. The first-order chi connectivity index (χ1) is 4.83. The quantitative estimate of drug-likeness (QED) is 0.579. The fourth-order valence-corrected chi connectivity index (χ4v) is 1.00. The van der Waals surface area contributed by atoms with Crippen molar-refractivity contribution >= 4 is 17.7 Å². The lowest BCUT2D eigenvalue weighted by molar-refractivity contribution is 1.64. The normalized spacial score (nSPS) is 10.6. The lowest BCUT2D eigenvalue weighted by atomic mass is 10.2. The Kier molecular flexibility index (Phi) is 2.52. The van der Waals surface area contributed by atoms with Crippen LogP contribution < -0.4 is 0 Å². The lowest BCUT2D eigenvalue weighted by Crippen LogP contribution is -1.68. The van der Waals surface area contributed by atoms with Gasteiger partial charge in [-0.2, -0.15) is 0 Å². The summed E-state index contributed by atoms with van der Waals surface area (Å²) in [7, 11) is 0. The third-order valence-electron chi connectivity index (χ3n) is 1.21. The Morgan fingerprint density at radius 2 is 2.20 bits per heavy atom. The molecule has 1 rings (SSSR count). The molecule has 0 heterocycles. The van der Waals surface area contributed by atoms with E-state index in [9.17, 15) is 0 Å². The van der Waals surface area contributed by atoms with E-state index in [1.807, 2.05) is 43.3 Å². The molecule has 0 nitrogen and oxygen atoms in total. The van der Waals surface area contributed by atoms with Crippen molar-refractivity contribution in [2.45, 2.75) is 6.92 Å². The Labute approximate surface area is 66.1 Å². The molecule has 0 amide bonds. The molecule has 0 radical (unpaired) electrons. The number of hydrogen-bond acceptors (Lipinski definition) is 0. The van der Waals surface area contributed by atoms with Crippen molar-refractivity contribution in [2.75, 3.05) is 0 Å². The molecule has 0 atom stereocenters. The van der Waals surface area contributed by atoms with E-state index >= 15 is 0 Å². The SMILES string of the molecule is CC=Cc1cccc(Cl)c1. The predicted octanol–water partition coefficient (Wildman–Crippen LogP) is 3.37. The van der Waals surface area contributed by atoms with E-state index in [-0.39, 0.29) is 0 Å².